The minimum Gasteiger partial charge on any atom is -0.508 e. The molecule has 7 heterocycles. The lowest BCUT2D eigenvalue weighted by Gasteiger charge is -2.40. The van der Waals surface area contributed by atoms with Crippen molar-refractivity contribution < 1.29 is 27.8 Å². The number of aromatic hydroxyl groups is 1. The van der Waals surface area contributed by atoms with Crippen LogP contribution in [-0.2, 0) is 0 Å². The van der Waals surface area contributed by atoms with Gasteiger partial charge in [0.15, 0.2) is 5.82 Å². The van der Waals surface area contributed by atoms with Gasteiger partial charge in [0.25, 0.3) is 0 Å². The minimum absolute atomic E-state index is 0.00323. The van der Waals surface area contributed by atoms with Crippen molar-refractivity contribution in [3.8, 4) is 28.9 Å². The van der Waals surface area contributed by atoms with Crippen molar-refractivity contribution >= 4 is 27.5 Å². The first kappa shape index (κ1) is 26.5. The van der Waals surface area contributed by atoms with Crippen LogP contribution in [0.15, 0.2) is 30.3 Å². The number of nitrogens with one attached hydrogen (secondary N) is 1. The number of ether oxygens (including phenoxy) is 2. The molecule has 9 nitrogen and oxygen atoms in total. The number of phenolic OH excluding ortho intramolecular Hbond substituents is 1. The monoisotopic (exact) mass is 604 g/mol. The topological polar surface area (TPSA) is 95.9 Å². The van der Waals surface area contributed by atoms with Crippen LogP contribution < -0.4 is 19.7 Å². The maximum atomic E-state index is 16.8. The highest BCUT2D eigenvalue weighted by atomic mass is 19.1. The number of benzene rings is 2. The van der Waals surface area contributed by atoms with E-state index in [4.69, 9.17) is 14.5 Å². The Morgan fingerprint density at radius 1 is 1.11 bits per heavy atom. The molecule has 4 aromatic rings. The van der Waals surface area contributed by atoms with Crippen LogP contribution >= 0.6 is 0 Å². The molecule has 9 rings (SSSR count). The number of anilines is 1. The second-order valence-corrected chi connectivity index (χ2v) is 12.9. The number of alkyl halides is 1. The predicted octanol–water partition coefficient (Wildman–Crippen LogP) is 4.49. The summed E-state index contributed by atoms with van der Waals surface area (Å²) < 4.78 is 59.1. The van der Waals surface area contributed by atoms with Crippen LogP contribution in [0.1, 0.15) is 32.1 Å². The zero-order valence-corrected chi connectivity index (χ0v) is 23.9. The van der Waals surface area contributed by atoms with Crippen LogP contribution in [0.5, 0.6) is 17.6 Å². The second-order valence-electron chi connectivity index (χ2n) is 12.9. The zero-order chi connectivity index (χ0) is 29.7. The van der Waals surface area contributed by atoms with Crippen molar-refractivity contribution in [2.75, 3.05) is 37.7 Å². The van der Waals surface area contributed by atoms with Gasteiger partial charge in [-0.25, -0.2) is 18.2 Å². The number of rotatable bonds is 4. The van der Waals surface area contributed by atoms with Crippen molar-refractivity contribution in [3.63, 3.8) is 0 Å². The molecule has 4 fully saturated rings. The van der Waals surface area contributed by atoms with Crippen LogP contribution in [0.2, 0.25) is 0 Å². The predicted molar refractivity (Wildman–Crippen MR) is 157 cm³/mol. The molecule has 2 N–H and O–H groups in total. The fraction of sp³-hybridized carbons (Fsp3) is 0.469. The Morgan fingerprint density at radius 3 is 2.93 bits per heavy atom. The molecule has 0 amide bonds. The van der Waals surface area contributed by atoms with Gasteiger partial charge in [0.05, 0.1) is 11.6 Å². The summed E-state index contributed by atoms with van der Waals surface area (Å²) in [5, 5.41) is 15.0. The molecule has 0 aliphatic carbocycles. The van der Waals surface area contributed by atoms with Gasteiger partial charge in [-0.1, -0.05) is 12.1 Å². The number of hydrogen-bond donors (Lipinski definition) is 2. The van der Waals surface area contributed by atoms with E-state index in [0.29, 0.717) is 36.1 Å². The highest BCUT2D eigenvalue weighted by molar-refractivity contribution is 6.02. The SMILES string of the molecule is Oc1cc(-c2nc3c4c(nc(OC[C@]56CCCN5C[C@@H](F)C6)nc4c2F)N2C[C@H]4CCC(N4)[C@H]2CO3)c2c(F)cccc2c1. The molecule has 5 aliphatic heterocycles. The van der Waals surface area contributed by atoms with Gasteiger partial charge in [0.1, 0.15) is 53.4 Å². The number of phenols is 1. The summed E-state index contributed by atoms with van der Waals surface area (Å²) in [4.78, 5) is 18.3. The van der Waals surface area contributed by atoms with E-state index in [-0.39, 0.29) is 71.1 Å². The normalized spacial score (nSPS) is 29.1. The van der Waals surface area contributed by atoms with E-state index in [1.807, 2.05) is 0 Å². The van der Waals surface area contributed by atoms with Gasteiger partial charge in [-0.15, -0.1) is 0 Å². The van der Waals surface area contributed by atoms with Gasteiger partial charge in [-0.2, -0.15) is 9.97 Å². The number of hydrogen-bond acceptors (Lipinski definition) is 9. The average molecular weight is 605 g/mol. The van der Waals surface area contributed by atoms with Crippen molar-refractivity contribution in [2.45, 2.75) is 61.9 Å². The van der Waals surface area contributed by atoms with E-state index in [2.05, 4.69) is 25.1 Å². The summed E-state index contributed by atoms with van der Waals surface area (Å²) in [6, 6.07) is 7.54. The number of aromatic nitrogens is 3. The van der Waals surface area contributed by atoms with Crippen LogP contribution in [0, 0.1) is 11.6 Å². The lowest BCUT2D eigenvalue weighted by atomic mass is 9.95. The van der Waals surface area contributed by atoms with Crippen molar-refractivity contribution in [1.82, 2.24) is 25.2 Å². The number of fused-ring (bicyclic) bond motifs is 7. The Kier molecular flexibility index (Phi) is 5.75. The summed E-state index contributed by atoms with van der Waals surface area (Å²) in [6.07, 6.45) is 3.24. The molecule has 2 bridgehead atoms. The van der Waals surface area contributed by atoms with E-state index in [9.17, 15) is 9.50 Å². The van der Waals surface area contributed by atoms with Crippen LogP contribution in [0.3, 0.4) is 0 Å². The first-order valence-electron chi connectivity index (χ1n) is 15.4. The number of piperazine rings is 1. The molecule has 5 atom stereocenters. The van der Waals surface area contributed by atoms with Crippen LogP contribution in [0.25, 0.3) is 32.9 Å². The van der Waals surface area contributed by atoms with Crippen LogP contribution in [-0.4, -0.2) is 87.6 Å². The van der Waals surface area contributed by atoms with Crippen molar-refractivity contribution in [1.29, 1.82) is 0 Å². The van der Waals surface area contributed by atoms with E-state index < -0.39 is 23.3 Å². The fourth-order valence-electron chi connectivity index (χ4n) is 8.36. The standard InChI is InChI=1S/C32H31F3N6O3/c33-17-11-32(7-2-8-40(32)12-17)15-44-31-38-28-25-29(39-31)41-13-18-5-6-22(36-18)23(41)14-43-30(25)37-27(26(28)35)20-10-19(42)9-16-3-1-4-21(34)24(16)20/h1,3-4,9-10,17-18,22-23,36,42H,2,5-8,11-15H2/t17-,18+,22?,23+,32+/m0/s1. The zero-order valence-electron chi connectivity index (χ0n) is 23.9. The number of halogens is 3. The summed E-state index contributed by atoms with van der Waals surface area (Å²) in [7, 11) is 0. The maximum absolute atomic E-state index is 16.8. The van der Waals surface area contributed by atoms with Gasteiger partial charge in [0.2, 0.25) is 5.88 Å². The van der Waals surface area contributed by atoms with Crippen molar-refractivity contribution in [2.24, 2.45) is 0 Å². The molecule has 44 heavy (non-hydrogen) atoms. The largest absolute Gasteiger partial charge is 0.508 e. The Bertz CT molecular complexity index is 1840. The Morgan fingerprint density at radius 2 is 2.02 bits per heavy atom. The van der Waals surface area contributed by atoms with Gasteiger partial charge >= 0.3 is 6.01 Å². The summed E-state index contributed by atoms with van der Waals surface area (Å²) >= 11 is 0. The Hall–Kier alpha value is -3.90. The second kappa shape index (κ2) is 9.55. The molecule has 4 saturated heterocycles. The van der Waals surface area contributed by atoms with Crippen LogP contribution in [0.4, 0.5) is 19.0 Å². The lowest BCUT2D eigenvalue weighted by molar-refractivity contribution is 0.107. The third kappa shape index (κ3) is 3.89. The highest BCUT2D eigenvalue weighted by Crippen LogP contribution is 2.45. The molecule has 1 unspecified atom stereocenters. The molecule has 0 spiro atoms. The number of nitrogens with zero attached hydrogens (tertiary/aromatic N) is 5. The van der Waals surface area contributed by atoms with Gasteiger partial charge in [0, 0.05) is 42.5 Å². The van der Waals surface area contributed by atoms with Gasteiger partial charge in [-0.3, -0.25) is 4.90 Å². The Labute approximate surface area is 251 Å². The third-order valence-corrected chi connectivity index (χ3v) is 10.3. The summed E-state index contributed by atoms with van der Waals surface area (Å²) in [5.41, 5.74) is -0.593. The van der Waals surface area contributed by atoms with E-state index >= 15 is 8.78 Å². The van der Waals surface area contributed by atoms with Gasteiger partial charge < -0.3 is 24.8 Å². The van der Waals surface area contributed by atoms with E-state index in [1.54, 1.807) is 6.07 Å². The third-order valence-electron chi connectivity index (χ3n) is 10.3. The lowest BCUT2D eigenvalue weighted by Crippen LogP contribution is -2.60. The molecule has 12 heteroatoms. The van der Waals surface area contributed by atoms with Crippen molar-refractivity contribution in [3.05, 3.63) is 42.0 Å². The molecule has 5 aliphatic rings. The van der Waals surface area contributed by atoms with Gasteiger partial charge in [-0.05, 0) is 55.8 Å². The smallest absolute Gasteiger partial charge is 0.319 e. The summed E-state index contributed by atoms with van der Waals surface area (Å²) in [6.45, 7) is 2.34. The Balaban J connectivity index is 1.23. The fourth-order valence-corrected chi connectivity index (χ4v) is 8.36. The van der Waals surface area contributed by atoms with E-state index in [1.165, 1.54) is 24.3 Å². The van der Waals surface area contributed by atoms with E-state index in [0.717, 1.165) is 32.2 Å². The highest BCUT2D eigenvalue weighted by Gasteiger charge is 2.50. The molecule has 0 saturated carbocycles. The molecular weight excluding hydrogens is 573 g/mol. The minimum atomic E-state index is -0.915. The molecular formula is C32H31F3N6O3. The quantitative estimate of drug-likeness (QED) is 0.350. The number of pyridine rings is 1. The molecule has 2 aromatic heterocycles. The molecule has 2 aromatic carbocycles. The molecule has 0 radical (unpaired) electrons. The first-order chi connectivity index (χ1) is 21.4. The molecule has 228 valence electrons. The average Bonchev–Trinajstić information content (AvgIpc) is 3.64. The first-order valence-corrected chi connectivity index (χ1v) is 15.4. The summed E-state index contributed by atoms with van der Waals surface area (Å²) in [5.74, 6) is -0.881. The maximum Gasteiger partial charge on any atom is 0.319 e.